The first kappa shape index (κ1) is 19.1. The molecule has 0 saturated carbocycles. The predicted molar refractivity (Wildman–Crippen MR) is 109 cm³/mol. The van der Waals surface area contributed by atoms with Gasteiger partial charge >= 0.3 is 0 Å². The molecule has 1 amide bonds. The maximum absolute atomic E-state index is 13.1. The van der Waals surface area contributed by atoms with Gasteiger partial charge in [0.25, 0.3) is 0 Å². The Balaban J connectivity index is 1.75. The van der Waals surface area contributed by atoms with Crippen LogP contribution in [0.15, 0.2) is 30.3 Å². The molecular formula is C20H30BrNO2Si. The van der Waals surface area contributed by atoms with Gasteiger partial charge in [0.15, 0.2) is 8.32 Å². The lowest BCUT2D eigenvalue weighted by molar-refractivity contribution is -0.136. The lowest BCUT2D eigenvalue weighted by Crippen LogP contribution is -2.49. The molecule has 25 heavy (non-hydrogen) atoms. The van der Waals surface area contributed by atoms with Crippen LogP contribution >= 0.6 is 15.9 Å². The first-order valence-corrected chi connectivity index (χ1v) is 13.1. The van der Waals surface area contributed by atoms with Gasteiger partial charge in [-0.2, -0.15) is 0 Å². The fraction of sp³-hybridized carbons (Fsp3) is 0.650. The van der Waals surface area contributed by atoms with Crippen LogP contribution in [-0.4, -0.2) is 42.6 Å². The normalized spacial score (nSPS) is 30.5. The van der Waals surface area contributed by atoms with Crippen LogP contribution in [0, 0.1) is 0 Å². The zero-order valence-corrected chi connectivity index (χ0v) is 18.5. The first-order valence-electron chi connectivity index (χ1n) is 9.27. The van der Waals surface area contributed by atoms with E-state index >= 15 is 0 Å². The van der Waals surface area contributed by atoms with E-state index in [0.717, 1.165) is 24.9 Å². The topological polar surface area (TPSA) is 29.5 Å². The van der Waals surface area contributed by atoms with Crippen LogP contribution in [0.25, 0.3) is 0 Å². The summed E-state index contributed by atoms with van der Waals surface area (Å²) in [6.07, 6.45) is 2.00. The van der Waals surface area contributed by atoms with Crippen molar-refractivity contribution in [2.45, 2.75) is 74.6 Å². The van der Waals surface area contributed by atoms with Gasteiger partial charge in [-0.05, 0) is 36.5 Å². The molecule has 3 rings (SSSR count). The SMILES string of the molecule is CC(C)(C)[Si](C)(C)O[C@@H]1C[C@H]2[C@H](Br)C[C@@H](c3ccccc3)C(=O)N2C1. The second-order valence-corrected chi connectivity index (χ2v) is 14.9. The van der Waals surface area contributed by atoms with Crippen molar-refractivity contribution in [3.05, 3.63) is 35.9 Å². The number of halogens is 1. The van der Waals surface area contributed by atoms with Crippen molar-refractivity contribution in [1.82, 2.24) is 4.90 Å². The largest absolute Gasteiger partial charge is 0.412 e. The van der Waals surface area contributed by atoms with Crippen molar-refractivity contribution in [2.75, 3.05) is 6.54 Å². The number of hydrogen-bond acceptors (Lipinski definition) is 2. The van der Waals surface area contributed by atoms with E-state index in [1.165, 1.54) is 0 Å². The number of amides is 1. The smallest absolute Gasteiger partial charge is 0.230 e. The summed E-state index contributed by atoms with van der Waals surface area (Å²) in [5, 5.41) is 0.195. The summed E-state index contributed by atoms with van der Waals surface area (Å²) in [6.45, 7) is 12.1. The van der Waals surface area contributed by atoms with Crippen molar-refractivity contribution in [2.24, 2.45) is 0 Å². The lowest BCUT2D eigenvalue weighted by Gasteiger charge is -2.38. The van der Waals surface area contributed by atoms with Crippen LogP contribution in [0.1, 0.15) is 45.1 Å². The molecule has 0 aromatic heterocycles. The van der Waals surface area contributed by atoms with E-state index < -0.39 is 8.32 Å². The van der Waals surface area contributed by atoms with Crippen molar-refractivity contribution in [3.63, 3.8) is 0 Å². The van der Waals surface area contributed by atoms with E-state index in [4.69, 9.17) is 4.43 Å². The minimum absolute atomic E-state index is 0.0338. The molecule has 1 aromatic rings. The third-order valence-electron chi connectivity index (χ3n) is 6.23. The van der Waals surface area contributed by atoms with Crippen LogP contribution in [-0.2, 0) is 9.22 Å². The highest BCUT2D eigenvalue weighted by molar-refractivity contribution is 9.09. The van der Waals surface area contributed by atoms with Crippen LogP contribution in [0.4, 0.5) is 0 Å². The molecule has 3 nitrogen and oxygen atoms in total. The molecule has 4 atom stereocenters. The van der Waals surface area contributed by atoms with E-state index in [1.54, 1.807) is 0 Å². The maximum Gasteiger partial charge on any atom is 0.230 e. The summed E-state index contributed by atoms with van der Waals surface area (Å²) < 4.78 is 6.62. The molecule has 0 N–H and O–H groups in total. The number of alkyl halides is 1. The van der Waals surface area contributed by atoms with Gasteiger partial charge in [0, 0.05) is 17.4 Å². The molecule has 0 aliphatic carbocycles. The highest BCUT2D eigenvalue weighted by Crippen LogP contribution is 2.43. The van der Waals surface area contributed by atoms with Crippen LogP contribution < -0.4 is 0 Å². The Hall–Kier alpha value is -0.653. The van der Waals surface area contributed by atoms with Gasteiger partial charge in [0.05, 0.1) is 12.0 Å². The molecule has 0 bridgehead atoms. The number of fused-ring (bicyclic) bond motifs is 1. The maximum atomic E-state index is 13.1. The minimum atomic E-state index is -1.81. The minimum Gasteiger partial charge on any atom is -0.412 e. The van der Waals surface area contributed by atoms with Crippen LogP contribution in [0.2, 0.25) is 18.1 Å². The number of hydrogen-bond donors (Lipinski definition) is 0. The van der Waals surface area contributed by atoms with Gasteiger partial charge in [0.2, 0.25) is 5.91 Å². The second kappa shape index (κ2) is 6.82. The Morgan fingerprint density at radius 3 is 2.40 bits per heavy atom. The number of piperidine rings is 1. The van der Waals surface area contributed by atoms with Gasteiger partial charge in [-0.25, -0.2) is 0 Å². The molecule has 1 aromatic carbocycles. The number of carbonyl (C=O) groups excluding carboxylic acids is 1. The van der Waals surface area contributed by atoms with E-state index in [2.05, 4.69) is 66.8 Å². The fourth-order valence-electron chi connectivity index (χ4n) is 3.75. The molecule has 2 heterocycles. The Bertz CT molecular complexity index is 628. The van der Waals surface area contributed by atoms with Gasteiger partial charge in [-0.15, -0.1) is 0 Å². The molecule has 138 valence electrons. The molecule has 0 unspecified atom stereocenters. The summed E-state index contributed by atoms with van der Waals surface area (Å²) in [7, 11) is -1.81. The molecule has 0 radical (unpaired) electrons. The summed E-state index contributed by atoms with van der Waals surface area (Å²) in [5.41, 5.74) is 1.13. The van der Waals surface area contributed by atoms with Crippen molar-refractivity contribution < 1.29 is 9.22 Å². The van der Waals surface area contributed by atoms with Crippen molar-refractivity contribution in [3.8, 4) is 0 Å². The summed E-state index contributed by atoms with van der Waals surface area (Å²) in [6, 6.07) is 10.5. The second-order valence-electron chi connectivity index (χ2n) is 9.01. The molecule has 0 spiro atoms. The number of carbonyl (C=O) groups is 1. The summed E-state index contributed by atoms with van der Waals surface area (Å²) >= 11 is 3.87. The van der Waals surface area contributed by atoms with Crippen molar-refractivity contribution >= 4 is 30.2 Å². The predicted octanol–water partition coefficient (Wildman–Crippen LogP) is 4.93. The lowest BCUT2D eigenvalue weighted by atomic mass is 9.87. The molecule has 2 saturated heterocycles. The summed E-state index contributed by atoms with van der Waals surface area (Å²) in [5.74, 6) is 0.238. The Labute approximate surface area is 161 Å². The Kier molecular flexibility index (Phi) is 5.22. The summed E-state index contributed by atoms with van der Waals surface area (Å²) in [4.78, 5) is 15.5. The highest BCUT2D eigenvalue weighted by Gasteiger charge is 2.49. The van der Waals surface area contributed by atoms with Gasteiger partial charge < -0.3 is 9.33 Å². The monoisotopic (exact) mass is 423 g/mol. The van der Waals surface area contributed by atoms with E-state index in [9.17, 15) is 4.79 Å². The van der Waals surface area contributed by atoms with E-state index in [-0.39, 0.29) is 29.0 Å². The van der Waals surface area contributed by atoms with Gasteiger partial charge in [-0.1, -0.05) is 67.0 Å². The van der Waals surface area contributed by atoms with Gasteiger partial charge in [-0.3, -0.25) is 4.79 Å². The third kappa shape index (κ3) is 3.74. The molecule has 2 fully saturated rings. The fourth-order valence-corrected chi connectivity index (χ4v) is 5.98. The number of nitrogens with zero attached hydrogens (tertiary/aromatic N) is 1. The van der Waals surface area contributed by atoms with Gasteiger partial charge in [0.1, 0.15) is 0 Å². The standard InChI is InChI=1S/C20H30BrNO2Si/c1-20(2,3)25(4,5)24-15-11-18-17(21)12-16(19(23)22(18)13-15)14-9-7-6-8-10-14/h6-10,15-18H,11-13H2,1-5H3/t15-,16+,17-,18+/m1/s1. The molecule has 2 aliphatic heterocycles. The Morgan fingerprint density at radius 1 is 1.16 bits per heavy atom. The molecule has 5 heteroatoms. The van der Waals surface area contributed by atoms with Crippen LogP contribution in [0.5, 0.6) is 0 Å². The first-order chi connectivity index (χ1) is 11.6. The average Bonchev–Trinajstić information content (AvgIpc) is 2.94. The van der Waals surface area contributed by atoms with E-state index in [0.29, 0.717) is 4.83 Å². The molecular weight excluding hydrogens is 394 g/mol. The van der Waals surface area contributed by atoms with Crippen molar-refractivity contribution in [1.29, 1.82) is 0 Å². The molecule has 2 aliphatic rings. The number of benzene rings is 1. The van der Waals surface area contributed by atoms with E-state index in [1.807, 2.05) is 18.2 Å². The van der Waals surface area contributed by atoms with Crippen LogP contribution in [0.3, 0.4) is 0 Å². The average molecular weight is 424 g/mol. The number of rotatable bonds is 3. The Morgan fingerprint density at radius 2 is 1.80 bits per heavy atom. The third-order valence-corrected chi connectivity index (χ3v) is 11.8. The highest BCUT2D eigenvalue weighted by atomic mass is 79.9. The quantitative estimate of drug-likeness (QED) is 0.509. The zero-order valence-electron chi connectivity index (χ0n) is 16.0. The zero-order chi connectivity index (χ0) is 18.4.